The molecule has 0 aliphatic carbocycles. The third-order valence-electron chi connectivity index (χ3n) is 4.11. The van der Waals surface area contributed by atoms with Gasteiger partial charge in [0, 0.05) is 23.9 Å². The van der Waals surface area contributed by atoms with Crippen LogP contribution in [0.25, 0.3) is 22.4 Å². The molecule has 128 valence electrons. The molecule has 0 amide bonds. The SMILES string of the molecule is O=S1(=O)CCn2c(Cl)c(Cl)c(-c3ccc(-c4ccccn4)cc3)c2N1. The summed E-state index contributed by atoms with van der Waals surface area (Å²) in [5.74, 6) is 0.384. The summed E-state index contributed by atoms with van der Waals surface area (Å²) in [6.07, 6.45) is 1.74. The molecule has 0 spiro atoms. The number of rotatable bonds is 2. The first-order chi connectivity index (χ1) is 12.0. The Morgan fingerprint density at radius 1 is 1.04 bits per heavy atom. The quantitative estimate of drug-likeness (QED) is 0.706. The van der Waals surface area contributed by atoms with Crippen LogP contribution in [0, 0.1) is 0 Å². The van der Waals surface area contributed by atoms with Gasteiger partial charge in [-0.1, -0.05) is 53.5 Å². The maximum atomic E-state index is 11.9. The minimum Gasteiger partial charge on any atom is -0.315 e. The molecule has 3 aromatic rings. The van der Waals surface area contributed by atoms with Gasteiger partial charge in [0.2, 0.25) is 10.0 Å². The average molecular weight is 394 g/mol. The Morgan fingerprint density at radius 3 is 2.44 bits per heavy atom. The molecule has 0 saturated carbocycles. The van der Waals surface area contributed by atoms with Crippen molar-refractivity contribution in [3.8, 4) is 22.4 Å². The van der Waals surface area contributed by atoms with Gasteiger partial charge in [-0.3, -0.25) is 9.71 Å². The number of anilines is 1. The Bertz CT molecular complexity index is 1050. The highest BCUT2D eigenvalue weighted by molar-refractivity contribution is 7.92. The van der Waals surface area contributed by atoms with Crippen LogP contribution < -0.4 is 4.72 Å². The number of nitrogens with one attached hydrogen (secondary N) is 1. The Morgan fingerprint density at radius 2 is 1.76 bits per heavy atom. The Labute approximate surface area is 155 Å². The number of pyridine rings is 1. The van der Waals surface area contributed by atoms with E-state index in [1.54, 1.807) is 10.8 Å². The highest BCUT2D eigenvalue weighted by Crippen LogP contribution is 2.44. The first-order valence-corrected chi connectivity index (χ1v) is 9.97. The fourth-order valence-corrected chi connectivity index (χ4v) is 4.49. The monoisotopic (exact) mass is 393 g/mol. The molecule has 0 unspecified atom stereocenters. The van der Waals surface area contributed by atoms with Crippen LogP contribution in [0.15, 0.2) is 48.7 Å². The zero-order valence-electron chi connectivity index (χ0n) is 12.9. The molecule has 1 aliphatic rings. The maximum absolute atomic E-state index is 11.9. The van der Waals surface area contributed by atoms with Crippen LogP contribution in [-0.2, 0) is 16.6 Å². The molecular formula is C17H13Cl2N3O2S. The summed E-state index contributed by atoms with van der Waals surface area (Å²) in [5, 5.41) is 0.676. The summed E-state index contributed by atoms with van der Waals surface area (Å²) in [6, 6.07) is 13.3. The van der Waals surface area contributed by atoms with Crippen molar-refractivity contribution in [2.24, 2.45) is 0 Å². The molecule has 1 aromatic carbocycles. The zero-order valence-corrected chi connectivity index (χ0v) is 15.2. The lowest BCUT2D eigenvalue weighted by molar-refractivity contribution is 0.588. The number of aromatic nitrogens is 2. The van der Waals surface area contributed by atoms with Crippen LogP contribution in [0.2, 0.25) is 10.2 Å². The lowest BCUT2D eigenvalue weighted by Gasteiger charge is -2.19. The predicted molar refractivity (Wildman–Crippen MR) is 101 cm³/mol. The number of nitrogens with zero attached hydrogens (tertiary/aromatic N) is 2. The van der Waals surface area contributed by atoms with E-state index in [9.17, 15) is 8.42 Å². The third kappa shape index (κ3) is 2.90. The minimum absolute atomic E-state index is 0.0250. The Hall–Kier alpha value is -2.02. The molecule has 8 heteroatoms. The highest BCUT2D eigenvalue weighted by Gasteiger charge is 2.29. The van der Waals surface area contributed by atoms with E-state index in [2.05, 4.69) is 9.71 Å². The van der Waals surface area contributed by atoms with Gasteiger partial charge in [0.1, 0.15) is 11.0 Å². The second-order valence-corrected chi connectivity index (χ2v) is 8.27. The molecule has 3 heterocycles. The molecular weight excluding hydrogens is 381 g/mol. The van der Waals surface area contributed by atoms with E-state index in [1.165, 1.54) is 0 Å². The van der Waals surface area contributed by atoms with Crippen molar-refractivity contribution >= 4 is 39.0 Å². The summed E-state index contributed by atoms with van der Waals surface area (Å²) in [5.41, 5.74) is 3.19. The zero-order chi connectivity index (χ0) is 17.6. The van der Waals surface area contributed by atoms with Crippen LogP contribution in [0.5, 0.6) is 0 Å². The normalized spacial score (nSPS) is 15.4. The van der Waals surface area contributed by atoms with Gasteiger partial charge < -0.3 is 4.57 Å². The first-order valence-electron chi connectivity index (χ1n) is 7.56. The first kappa shape index (κ1) is 16.4. The number of fused-ring (bicyclic) bond motifs is 1. The highest BCUT2D eigenvalue weighted by atomic mass is 35.5. The van der Waals surface area contributed by atoms with Gasteiger partial charge in [-0.25, -0.2) is 8.42 Å². The lowest BCUT2D eigenvalue weighted by Crippen LogP contribution is -2.27. The van der Waals surface area contributed by atoms with E-state index in [-0.39, 0.29) is 12.3 Å². The fourth-order valence-electron chi connectivity index (χ4n) is 2.89. The van der Waals surface area contributed by atoms with Crippen molar-refractivity contribution in [3.63, 3.8) is 0 Å². The summed E-state index contributed by atoms with van der Waals surface area (Å²) >= 11 is 12.7. The molecule has 0 atom stereocenters. The van der Waals surface area contributed by atoms with Gasteiger partial charge in [0.25, 0.3) is 0 Å². The number of sulfonamides is 1. The number of benzene rings is 1. The van der Waals surface area contributed by atoms with Crippen molar-refractivity contribution in [2.45, 2.75) is 6.54 Å². The van der Waals surface area contributed by atoms with E-state index < -0.39 is 10.0 Å². The topological polar surface area (TPSA) is 64.0 Å². The molecule has 4 rings (SSSR count). The summed E-state index contributed by atoms with van der Waals surface area (Å²) in [4.78, 5) is 4.32. The van der Waals surface area contributed by atoms with Gasteiger partial charge in [-0.15, -0.1) is 0 Å². The Kier molecular flexibility index (Phi) is 3.98. The van der Waals surface area contributed by atoms with Crippen LogP contribution in [0.3, 0.4) is 0 Å². The van der Waals surface area contributed by atoms with Crippen LogP contribution >= 0.6 is 23.2 Å². The molecule has 5 nitrogen and oxygen atoms in total. The van der Waals surface area contributed by atoms with E-state index in [0.717, 1.165) is 16.8 Å². The summed E-state index contributed by atoms with van der Waals surface area (Å²) in [7, 11) is -3.38. The van der Waals surface area contributed by atoms with Crippen LogP contribution in [0.4, 0.5) is 5.82 Å². The van der Waals surface area contributed by atoms with E-state index in [0.29, 0.717) is 21.6 Å². The van der Waals surface area contributed by atoms with Gasteiger partial charge in [-0.05, 0) is 17.7 Å². The molecule has 1 N–H and O–H groups in total. The van der Waals surface area contributed by atoms with Gasteiger partial charge in [0.15, 0.2) is 0 Å². The van der Waals surface area contributed by atoms with E-state index >= 15 is 0 Å². The average Bonchev–Trinajstić information content (AvgIpc) is 2.85. The van der Waals surface area contributed by atoms with Crippen molar-refractivity contribution in [1.29, 1.82) is 0 Å². The van der Waals surface area contributed by atoms with Gasteiger partial charge in [-0.2, -0.15) is 0 Å². The smallest absolute Gasteiger partial charge is 0.235 e. The standard InChI is InChI=1S/C17H13Cl2N3O2S/c18-15-14(17-21-25(23,24)10-9-22(17)16(15)19)12-6-4-11(5-7-12)13-3-1-2-8-20-13/h1-8,21H,9-10H2. The largest absolute Gasteiger partial charge is 0.315 e. The van der Waals surface area contributed by atoms with Crippen molar-refractivity contribution in [1.82, 2.24) is 9.55 Å². The molecule has 25 heavy (non-hydrogen) atoms. The van der Waals surface area contributed by atoms with Gasteiger partial charge >= 0.3 is 0 Å². The second-order valence-electron chi connectivity index (χ2n) is 5.69. The Balaban J connectivity index is 1.81. The van der Waals surface area contributed by atoms with E-state index in [4.69, 9.17) is 23.2 Å². The summed E-state index contributed by atoms with van der Waals surface area (Å²) < 4.78 is 28.1. The number of hydrogen-bond acceptors (Lipinski definition) is 3. The summed E-state index contributed by atoms with van der Waals surface area (Å²) in [6.45, 7) is 0.273. The number of hydrogen-bond donors (Lipinski definition) is 1. The molecule has 1 aliphatic heterocycles. The van der Waals surface area contributed by atoms with Crippen LogP contribution in [0.1, 0.15) is 0 Å². The molecule has 0 fully saturated rings. The predicted octanol–water partition coefficient (Wildman–Crippen LogP) is 4.28. The van der Waals surface area contributed by atoms with Gasteiger partial charge in [0.05, 0.1) is 16.5 Å². The van der Waals surface area contributed by atoms with E-state index in [1.807, 2.05) is 42.5 Å². The fraction of sp³-hybridized carbons (Fsp3) is 0.118. The second kappa shape index (κ2) is 6.05. The minimum atomic E-state index is -3.38. The molecule has 0 saturated heterocycles. The van der Waals surface area contributed by atoms with Crippen molar-refractivity contribution < 1.29 is 8.42 Å². The molecule has 0 radical (unpaired) electrons. The van der Waals surface area contributed by atoms with Crippen molar-refractivity contribution in [3.05, 3.63) is 58.8 Å². The number of halogens is 2. The lowest BCUT2D eigenvalue weighted by atomic mass is 10.0. The molecule has 2 aromatic heterocycles. The maximum Gasteiger partial charge on any atom is 0.235 e. The van der Waals surface area contributed by atoms with Crippen molar-refractivity contribution in [2.75, 3.05) is 10.5 Å². The third-order valence-corrected chi connectivity index (χ3v) is 6.20. The molecule has 0 bridgehead atoms. The van der Waals surface area contributed by atoms with Crippen LogP contribution in [-0.4, -0.2) is 23.7 Å².